The van der Waals surface area contributed by atoms with Crippen molar-refractivity contribution in [2.75, 3.05) is 13.2 Å². The van der Waals surface area contributed by atoms with Crippen LogP contribution in [0.4, 0.5) is 4.39 Å². The molecule has 0 unspecified atom stereocenters. The summed E-state index contributed by atoms with van der Waals surface area (Å²) in [6.45, 7) is 2.74. The predicted octanol–water partition coefficient (Wildman–Crippen LogP) is 0.554. The molecule has 2 aliphatic heterocycles. The van der Waals surface area contributed by atoms with E-state index in [0.717, 1.165) is 6.42 Å². The molecule has 3 atom stereocenters. The van der Waals surface area contributed by atoms with Crippen molar-refractivity contribution in [2.45, 2.75) is 37.5 Å². The number of rotatable bonds is 1. The zero-order valence-electron chi connectivity index (χ0n) is 6.76. The Hall–Kier alpha value is -0.150. The first-order valence-corrected chi connectivity index (χ1v) is 4.20. The quantitative estimate of drug-likeness (QED) is 0.604. The molecule has 2 fully saturated rings. The van der Waals surface area contributed by atoms with E-state index in [4.69, 9.17) is 5.11 Å². The number of halogens is 1. The highest BCUT2D eigenvalue weighted by atomic mass is 19.1. The minimum absolute atomic E-state index is 0.123. The normalized spacial score (nSPS) is 50.5. The molecule has 0 radical (unpaired) electrons. The first-order valence-electron chi connectivity index (χ1n) is 4.20. The molecule has 3 heteroatoms. The Balaban J connectivity index is 2.12. The van der Waals surface area contributed by atoms with Crippen molar-refractivity contribution in [1.29, 1.82) is 0 Å². The van der Waals surface area contributed by atoms with E-state index in [-0.39, 0.29) is 12.1 Å². The fourth-order valence-corrected chi connectivity index (χ4v) is 2.62. The number of aliphatic hydroxyl groups excluding tert-OH is 1. The Kier molecular flexibility index (Phi) is 1.48. The zero-order chi connectivity index (χ0) is 8.06. The van der Waals surface area contributed by atoms with E-state index in [0.29, 0.717) is 19.0 Å². The molecule has 0 aromatic rings. The van der Waals surface area contributed by atoms with Crippen LogP contribution in [0.25, 0.3) is 0 Å². The molecule has 0 spiro atoms. The lowest BCUT2D eigenvalue weighted by Gasteiger charge is -2.52. The third-order valence-electron chi connectivity index (χ3n) is 3.11. The monoisotopic (exact) mass is 159 g/mol. The summed E-state index contributed by atoms with van der Waals surface area (Å²) in [7, 11) is 0. The number of hydrogen-bond donors (Lipinski definition) is 1. The van der Waals surface area contributed by atoms with E-state index < -0.39 is 6.17 Å². The van der Waals surface area contributed by atoms with Gasteiger partial charge in [0.1, 0.15) is 6.17 Å². The maximum Gasteiger partial charge on any atom is 0.115 e. The first kappa shape index (κ1) is 7.50. The van der Waals surface area contributed by atoms with Gasteiger partial charge in [0.25, 0.3) is 0 Å². The molecule has 0 amide bonds. The van der Waals surface area contributed by atoms with Crippen LogP contribution in [0.3, 0.4) is 0 Å². The van der Waals surface area contributed by atoms with E-state index in [1.807, 2.05) is 0 Å². The van der Waals surface area contributed by atoms with Crippen molar-refractivity contribution in [3.63, 3.8) is 0 Å². The topological polar surface area (TPSA) is 23.5 Å². The van der Waals surface area contributed by atoms with Crippen LogP contribution in [-0.2, 0) is 0 Å². The summed E-state index contributed by atoms with van der Waals surface area (Å²) in [6, 6.07) is 0.475. The van der Waals surface area contributed by atoms with Crippen LogP contribution in [0.5, 0.6) is 0 Å². The predicted molar refractivity (Wildman–Crippen MR) is 40.1 cm³/mol. The highest BCUT2D eigenvalue weighted by molar-refractivity contribution is 5.10. The summed E-state index contributed by atoms with van der Waals surface area (Å²) in [5.41, 5.74) is -0.168. The van der Waals surface area contributed by atoms with Crippen LogP contribution in [0.2, 0.25) is 0 Å². The molecular weight excluding hydrogens is 145 g/mol. The van der Waals surface area contributed by atoms with Crippen LogP contribution in [-0.4, -0.2) is 40.9 Å². The third-order valence-corrected chi connectivity index (χ3v) is 3.11. The lowest BCUT2D eigenvalue weighted by molar-refractivity contribution is -0.0637. The van der Waals surface area contributed by atoms with Gasteiger partial charge in [0.15, 0.2) is 0 Å². The molecule has 2 aliphatic rings. The summed E-state index contributed by atoms with van der Waals surface area (Å²) in [5.74, 6) is 0. The first-order chi connectivity index (χ1) is 5.18. The minimum atomic E-state index is -0.716. The van der Waals surface area contributed by atoms with Crippen LogP contribution in [0.15, 0.2) is 0 Å². The van der Waals surface area contributed by atoms with Crippen LogP contribution >= 0.6 is 0 Å². The van der Waals surface area contributed by atoms with Gasteiger partial charge in [-0.15, -0.1) is 0 Å². The van der Waals surface area contributed by atoms with Gasteiger partial charge in [0.2, 0.25) is 0 Å². The lowest BCUT2D eigenvalue weighted by Crippen LogP contribution is -2.63. The average Bonchev–Trinajstić information content (AvgIpc) is 2.23. The largest absolute Gasteiger partial charge is 0.394 e. The van der Waals surface area contributed by atoms with Crippen LogP contribution in [0.1, 0.15) is 19.8 Å². The van der Waals surface area contributed by atoms with Crippen LogP contribution < -0.4 is 0 Å². The fourth-order valence-electron chi connectivity index (χ4n) is 2.62. The highest BCUT2D eigenvalue weighted by Crippen LogP contribution is 2.45. The Morgan fingerprint density at radius 2 is 2.36 bits per heavy atom. The number of hydrogen-bond acceptors (Lipinski definition) is 2. The standard InChI is InChI=1S/C8H14FNO/c1-6-2-8(5-11)3-7(9)4-10(6)8/h6-7,11H,2-5H2,1H3/t6-,7-,8-/m1/s1. The van der Waals surface area contributed by atoms with E-state index >= 15 is 0 Å². The summed E-state index contributed by atoms with van der Waals surface area (Å²) in [4.78, 5) is 2.09. The van der Waals surface area contributed by atoms with Gasteiger partial charge in [-0.3, -0.25) is 4.90 Å². The van der Waals surface area contributed by atoms with Crippen molar-refractivity contribution in [1.82, 2.24) is 4.90 Å². The van der Waals surface area contributed by atoms with Crippen molar-refractivity contribution < 1.29 is 9.50 Å². The van der Waals surface area contributed by atoms with Gasteiger partial charge in [-0.1, -0.05) is 0 Å². The van der Waals surface area contributed by atoms with Gasteiger partial charge < -0.3 is 5.11 Å². The summed E-state index contributed by atoms with van der Waals surface area (Å²) >= 11 is 0. The number of alkyl halides is 1. The molecule has 0 aromatic heterocycles. The molecule has 1 N–H and O–H groups in total. The van der Waals surface area contributed by atoms with Crippen molar-refractivity contribution in [2.24, 2.45) is 0 Å². The maximum absolute atomic E-state index is 12.9. The zero-order valence-corrected chi connectivity index (χ0v) is 6.76. The minimum Gasteiger partial charge on any atom is -0.394 e. The lowest BCUT2D eigenvalue weighted by atomic mass is 9.80. The molecule has 11 heavy (non-hydrogen) atoms. The van der Waals surface area contributed by atoms with Crippen LogP contribution in [0, 0.1) is 0 Å². The molecular formula is C8H14FNO. The van der Waals surface area contributed by atoms with Gasteiger partial charge in [-0.2, -0.15) is 0 Å². The Morgan fingerprint density at radius 1 is 1.64 bits per heavy atom. The van der Waals surface area contributed by atoms with E-state index in [9.17, 15) is 4.39 Å². The molecule has 0 aromatic carbocycles. The second-order valence-corrected chi connectivity index (χ2v) is 3.89. The Morgan fingerprint density at radius 3 is 2.82 bits per heavy atom. The van der Waals surface area contributed by atoms with Crippen molar-refractivity contribution in [3.8, 4) is 0 Å². The van der Waals surface area contributed by atoms with Crippen molar-refractivity contribution in [3.05, 3.63) is 0 Å². The van der Waals surface area contributed by atoms with Gasteiger partial charge in [0, 0.05) is 24.5 Å². The second kappa shape index (κ2) is 2.17. The van der Waals surface area contributed by atoms with Gasteiger partial charge in [0.05, 0.1) is 6.61 Å². The maximum atomic E-state index is 12.9. The summed E-state index contributed by atoms with van der Waals surface area (Å²) in [6.07, 6.45) is 0.782. The highest BCUT2D eigenvalue weighted by Gasteiger charge is 2.55. The molecule has 2 saturated heterocycles. The van der Waals surface area contributed by atoms with E-state index in [2.05, 4.69) is 11.8 Å². The molecule has 0 aliphatic carbocycles. The van der Waals surface area contributed by atoms with Crippen molar-refractivity contribution >= 4 is 0 Å². The molecule has 2 nitrogen and oxygen atoms in total. The third kappa shape index (κ3) is 0.842. The summed E-state index contributed by atoms with van der Waals surface area (Å²) in [5, 5.41) is 9.07. The Bertz CT molecular complexity index is 173. The van der Waals surface area contributed by atoms with Gasteiger partial charge >= 0.3 is 0 Å². The average molecular weight is 159 g/mol. The number of nitrogens with zero attached hydrogens (tertiary/aromatic N) is 1. The molecule has 2 heterocycles. The number of aliphatic hydroxyl groups is 1. The van der Waals surface area contributed by atoms with E-state index in [1.54, 1.807) is 0 Å². The molecule has 64 valence electrons. The second-order valence-electron chi connectivity index (χ2n) is 3.89. The van der Waals surface area contributed by atoms with Gasteiger partial charge in [-0.05, 0) is 13.3 Å². The smallest absolute Gasteiger partial charge is 0.115 e. The molecule has 0 saturated carbocycles. The van der Waals surface area contributed by atoms with Gasteiger partial charge in [-0.25, -0.2) is 4.39 Å². The van der Waals surface area contributed by atoms with E-state index in [1.165, 1.54) is 0 Å². The molecule has 0 bridgehead atoms. The summed E-state index contributed by atoms with van der Waals surface area (Å²) < 4.78 is 12.9. The molecule has 2 rings (SSSR count). The SMILES string of the molecule is C[C@@H]1C[C@]2(CO)C[C@@H](F)CN12. The number of fused-ring (bicyclic) bond motifs is 1. The fraction of sp³-hybridized carbons (Fsp3) is 1.00. The Labute approximate surface area is 66.0 Å².